The van der Waals surface area contributed by atoms with Gasteiger partial charge in [0.1, 0.15) is 11.6 Å². The smallest absolute Gasteiger partial charge is 0.149 e. The van der Waals surface area contributed by atoms with Crippen LogP contribution in [0.15, 0.2) is 146 Å². The number of rotatable bonds is 8. The van der Waals surface area contributed by atoms with Crippen molar-refractivity contribution < 1.29 is 20.2 Å². The van der Waals surface area contributed by atoms with Crippen molar-refractivity contribution in [1.29, 1.82) is 0 Å². The van der Waals surface area contributed by atoms with E-state index in [4.69, 9.17) is 18.7 Å². The minimum absolute atomic E-state index is 0.0223. The van der Waals surface area contributed by atoms with Gasteiger partial charge in [-0.3, -0.25) is 9.55 Å². The summed E-state index contributed by atoms with van der Waals surface area (Å²) in [4.78, 5) is 9.79. The fourth-order valence-corrected chi connectivity index (χ4v) is 7.25. The number of hydrogen-bond donors (Lipinski definition) is 1. The number of fused-ring (bicyclic) bond motifs is 1. The van der Waals surface area contributed by atoms with Crippen LogP contribution >= 0.6 is 0 Å². The first-order chi connectivity index (χ1) is 31.9. The first-order valence-corrected chi connectivity index (χ1v) is 19.2. The van der Waals surface area contributed by atoms with E-state index in [1.807, 2.05) is 124 Å². The Morgan fingerprint density at radius 3 is 2.18 bits per heavy atom. The third kappa shape index (κ3) is 7.29. The summed E-state index contributed by atoms with van der Waals surface area (Å²) in [6.07, 6.45) is -0.537. The highest BCUT2D eigenvalue weighted by molar-refractivity contribution is 5.97. The van der Waals surface area contributed by atoms with Gasteiger partial charge in [-0.2, -0.15) is 0 Å². The monoisotopic (exact) mass is 756 g/mol. The molecule has 2 heterocycles. The molecule has 4 heteroatoms. The molecule has 1 N–H and O–H groups in total. The molecule has 0 aliphatic rings. The van der Waals surface area contributed by atoms with E-state index in [9.17, 15) is 6.48 Å². The summed E-state index contributed by atoms with van der Waals surface area (Å²) in [5, 5.41) is 12.2. The van der Waals surface area contributed by atoms with Crippen LogP contribution in [0.1, 0.15) is 97.6 Å². The van der Waals surface area contributed by atoms with E-state index < -0.39 is 54.7 Å². The largest absolute Gasteiger partial charge is 0.507 e. The van der Waals surface area contributed by atoms with Crippen molar-refractivity contribution in [2.45, 2.75) is 72.6 Å². The van der Waals surface area contributed by atoms with Crippen molar-refractivity contribution in [3.05, 3.63) is 168 Å². The van der Waals surface area contributed by atoms with Crippen LogP contribution in [0.4, 0.5) is 0 Å². The van der Waals surface area contributed by atoms with Gasteiger partial charge in [0, 0.05) is 27.1 Å². The molecule has 0 aliphatic carbocycles. The molecule has 0 aliphatic heterocycles. The van der Waals surface area contributed by atoms with Crippen molar-refractivity contribution in [2.24, 2.45) is 0 Å². The maximum atomic E-state index is 12.2. The van der Waals surface area contributed by atoms with Crippen molar-refractivity contribution in [2.75, 3.05) is 0 Å². The number of phenols is 1. The lowest BCUT2D eigenvalue weighted by Gasteiger charge is -2.22. The van der Waals surface area contributed by atoms with Crippen LogP contribution < -0.4 is 0 Å². The number of pyridine rings is 1. The van der Waals surface area contributed by atoms with Crippen LogP contribution in [-0.2, 0) is 5.41 Å². The Kier molecular flexibility index (Phi) is 6.99. The second kappa shape index (κ2) is 15.0. The van der Waals surface area contributed by atoms with E-state index >= 15 is 0 Å². The Hall–Kier alpha value is -6.26. The maximum Gasteiger partial charge on any atom is 0.149 e. The molecular weight excluding hydrogens is 695 g/mol. The highest BCUT2D eigenvalue weighted by atomic mass is 16.3. The summed E-state index contributed by atoms with van der Waals surface area (Å²) >= 11 is 0. The molecular formula is C53H51N3O. The highest BCUT2D eigenvalue weighted by Gasteiger charge is 2.25. The second-order valence-electron chi connectivity index (χ2n) is 16.1. The number of hydrogen-bond acceptors (Lipinski definition) is 3. The third-order valence-corrected chi connectivity index (χ3v) is 10.4. The molecule has 4 nitrogen and oxygen atoms in total. The predicted octanol–water partition coefficient (Wildman–Crippen LogP) is 14.3. The Morgan fingerprint density at radius 1 is 0.684 bits per heavy atom. The number of para-hydroxylation sites is 1. The van der Waals surface area contributed by atoms with E-state index in [1.165, 1.54) is 0 Å². The molecule has 8 aromatic rings. The van der Waals surface area contributed by atoms with Crippen molar-refractivity contribution in [3.63, 3.8) is 0 Å². The summed E-state index contributed by atoms with van der Waals surface area (Å²) in [6, 6.07) is 26.0. The van der Waals surface area contributed by atoms with Crippen molar-refractivity contribution in [3.8, 4) is 67.5 Å². The van der Waals surface area contributed by atoms with Gasteiger partial charge in [0.2, 0.25) is 0 Å². The van der Waals surface area contributed by atoms with Crippen LogP contribution in [0.5, 0.6) is 5.75 Å². The molecule has 0 amide bonds. The van der Waals surface area contributed by atoms with Crippen molar-refractivity contribution >= 4 is 11.0 Å². The summed E-state index contributed by atoms with van der Waals surface area (Å²) in [5.41, 5.74) is 6.62. The Bertz CT molecular complexity index is 3290. The van der Waals surface area contributed by atoms with E-state index in [-0.39, 0.29) is 46.0 Å². The molecule has 0 atom stereocenters. The molecule has 0 unspecified atom stereocenters. The number of aromatic hydroxyl groups is 1. The second-order valence-corrected chi connectivity index (χ2v) is 16.1. The van der Waals surface area contributed by atoms with Gasteiger partial charge in [-0.05, 0) is 123 Å². The molecule has 0 saturated heterocycles. The van der Waals surface area contributed by atoms with E-state index in [2.05, 4.69) is 18.8 Å². The first kappa shape index (κ1) is 26.6. The molecule has 0 radical (unpaired) electrons. The molecule has 8 rings (SSSR count). The summed E-state index contributed by atoms with van der Waals surface area (Å²) in [5.74, 6) is 0.492. The van der Waals surface area contributed by atoms with E-state index in [1.54, 1.807) is 12.1 Å². The van der Waals surface area contributed by atoms with Gasteiger partial charge >= 0.3 is 0 Å². The third-order valence-electron chi connectivity index (χ3n) is 10.4. The van der Waals surface area contributed by atoms with Gasteiger partial charge in [-0.15, -0.1) is 0 Å². The van der Waals surface area contributed by atoms with Crippen molar-refractivity contribution in [1.82, 2.24) is 14.5 Å². The average Bonchev–Trinajstić information content (AvgIpc) is 3.69. The predicted molar refractivity (Wildman–Crippen MR) is 239 cm³/mol. The molecule has 6 aromatic carbocycles. The van der Waals surface area contributed by atoms with Gasteiger partial charge in [-0.1, -0.05) is 139 Å². The van der Waals surface area contributed by atoms with E-state index in [0.29, 0.717) is 50.4 Å². The maximum absolute atomic E-state index is 12.2. The van der Waals surface area contributed by atoms with Gasteiger partial charge in [-0.25, -0.2) is 4.98 Å². The van der Waals surface area contributed by atoms with Crippen LogP contribution in [0.2, 0.25) is 0 Å². The van der Waals surface area contributed by atoms with Gasteiger partial charge in [0.15, 0.2) is 0 Å². The van der Waals surface area contributed by atoms with Gasteiger partial charge in [0.25, 0.3) is 0 Å². The molecule has 284 valence electrons. The minimum atomic E-state index is -2.50. The first-order valence-electron chi connectivity index (χ1n) is 24.7. The summed E-state index contributed by atoms with van der Waals surface area (Å²) < 4.78 is 97.2. The molecule has 0 bridgehead atoms. The molecule has 0 spiro atoms. The van der Waals surface area contributed by atoms with E-state index in [0.717, 1.165) is 22.3 Å². The summed E-state index contributed by atoms with van der Waals surface area (Å²) in [7, 11) is 0. The molecule has 57 heavy (non-hydrogen) atoms. The zero-order valence-corrected chi connectivity index (χ0v) is 33.2. The Morgan fingerprint density at radius 2 is 1.46 bits per heavy atom. The fraction of sp³-hybridized carbons (Fsp3) is 0.208. The quantitative estimate of drug-likeness (QED) is 0.168. The minimum Gasteiger partial charge on any atom is -0.507 e. The molecule has 0 saturated carbocycles. The van der Waals surface area contributed by atoms with Crippen LogP contribution in [0.3, 0.4) is 0 Å². The Labute approximate surface area is 353 Å². The van der Waals surface area contributed by atoms with Gasteiger partial charge in [0.05, 0.1) is 33.3 Å². The number of aromatic nitrogens is 3. The number of nitrogens with zero attached hydrogens (tertiary/aromatic N) is 3. The molecule has 2 aromatic heterocycles. The lowest BCUT2D eigenvalue weighted by Crippen LogP contribution is -2.11. The topological polar surface area (TPSA) is 50.9 Å². The zero-order valence-electron chi connectivity index (χ0n) is 44.2. The summed E-state index contributed by atoms with van der Waals surface area (Å²) in [6.45, 7) is 11.8. The number of imidazole rings is 1. The standard InChI is InChI=1S/C53H51N3O/c1-33(2)39-30-46(34(3)4)51(57)47(31-39)52-55-50-45(20-15-21-49(50)56(52)43-22-23-44(35(5)26-43)37-18-13-10-14-19-37)40-27-41(29-42(28-40)53(6,7)8)48-32-38(24-25-54-48)36-16-11-9-12-17-36/h9-34,57H,1-8H3/i5D3,9D,11D,12D,16D,17D,24D,25D,32D. The lowest BCUT2D eigenvalue weighted by atomic mass is 9.83. The average molecular weight is 757 g/mol. The lowest BCUT2D eigenvalue weighted by molar-refractivity contribution is 0.466. The Balaban J connectivity index is 1.45. The van der Waals surface area contributed by atoms with Crippen LogP contribution in [0, 0.1) is 6.85 Å². The normalized spacial score (nSPS) is 14.9. The number of benzene rings is 6. The number of aryl methyl sites for hydroxylation is 1. The van der Waals surface area contributed by atoms with Crippen LogP contribution in [-0.4, -0.2) is 19.6 Å². The fourth-order valence-electron chi connectivity index (χ4n) is 7.25. The highest BCUT2D eigenvalue weighted by Crippen LogP contribution is 2.43. The number of phenolic OH excluding ortho intramolecular Hbond substituents is 1. The molecule has 0 fully saturated rings. The van der Waals surface area contributed by atoms with Gasteiger partial charge < -0.3 is 5.11 Å². The zero-order chi connectivity index (χ0) is 49.5. The SMILES string of the molecule is [2H]c1nc(-c2cc(-c3cccc4c3nc(-c3cc(C(C)C)cc(C(C)C)c3O)n4-c3ccc(-c4ccccc4)c(C([2H])([2H])[2H])c3)cc(C(C)(C)C)c2)c([2H])c(-c2c([2H])c([2H])c([2H])c([2H])c2[2H])c1[2H]. The van der Waals surface area contributed by atoms with Crippen LogP contribution in [0.25, 0.3) is 72.7 Å².